The minimum absolute atomic E-state index is 1.06. The van der Waals surface area contributed by atoms with E-state index in [-0.39, 0.29) is 0 Å². The number of allylic oxidation sites excluding steroid dienone is 13. The summed E-state index contributed by atoms with van der Waals surface area (Å²) in [5.74, 6) is 0. The first kappa shape index (κ1) is 28.2. The Morgan fingerprint density at radius 3 is 1.33 bits per heavy atom. The average molecular weight is 409 g/mol. The maximum atomic E-state index is 4.01. The Kier molecular flexibility index (Phi) is 16.9. The summed E-state index contributed by atoms with van der Waals surface area (Å²) in [5.41, 5.74) is 8.68. The second-order valence-electron chi connectivity index (χ2n) is 9.09. The summed E-state index contributed by atoms with van der Waals surface area (Å²) in [6, 6.07) is 0. The number of rotatable bonds is 15. The molecule has 0 aliphatic rings. The lowest BCUT2D eigenvalue weighted by Crippen LogP contribution is -1.83. The van der Waals surface area contributed by atoms with Gasteiger partial charge < -0.3 is 0 Å². The molecule has 0 saturated carbocycles. The fourth-order valence-electron chi connectivity index (χ4n) is 3.20. The molecule has 0 radical (unpaired) electrons. The fourth-order valence-corrected chi connectivity index (χ4v) is 3.20. The monoisotopic (exact) mass is 408 g/mol. The van der Waals surface area contributed by atoms with Crippen molar-refractivity contribution in [1.29, 1.82) is 0 Å². The van der Waals surface area contributed by atoms with Crippen LogP contribution in [-0.4, -0.2) is 0 Å². The maximum Gasteiger partial charge on any atom is -0.0164 e. The third kappa shape index (κ3) is 18.2. The van der Waals surface area contributed by atoms with Crippen LogP contribution in [-0.2, 0) is 0 Å². The van der Waals surface area contributed by atoms with Gasteiger partial charge in [0, 0.05) is 0 Å². The molecule has 0 unspecified atom stereocenters. The van der Waals surface area contributed by atoms with E-state index in [0.717, 1.165) is 44.9 Å². The first-order valence-corrected chi connectivity index (χ1v) is 11.8. The van der Waals surface area contributed by atoms with Crippen LogP contribution < -0.4 is 0 Å². The molecule has 0 spiro atoms. The molecule has 0 saturated heterocycles. The summed E-state index contributed by atoms with van der Waals surface area (Å²) in [4.78, 5) is 0. The van der Waals surface area contributed by atoms with E-state index in [1.165, 1.54) is 46.3 Å². The molecule has 0 nitrogen and oxygen atoms in total. The van der Waals surface area contributed by atoms with E-state index < -0.39 is 0 Å². The largest absolute Gasteiger partial charge is 0.0988 e. The molecule has 0 rings (SSSR count). The van der Waals surface area contributed by atoms with Gasteiger partial charge in [-0.05, 0) is 106 Å². The third-order valence-electron chi connectivity index (χ3n) is 5.25. The lowest BCUT2D eigenvalue weighted by Gasteiger charge is -2.03. The zero-order chi connectivity index (χ0) is 22.8. The Balaban J connectivity index is 4.29. The molecule has 0 aromatic rings. The summed E-state index contributed by atoms with van der Waals surface area (Å²) >= 11 is 0. The highest BCUT2D eigenvalue weighted by atomic mass is 14.0. The molecule has 0 aliphatic heterocycles. The second-order valence-corrected chi connectivity index (χ2v) is 9.09. The molecule has 30 heavy (non-hydrogen) atoms. The van der Waals surface area contributed by atoms with Gasteiger partial charge in [0.05, 0.1) is 0 Å². The van der Waals surface area contributed by atoms with Crippen molar-refractivity contribution >= 4 is 0 Å². The Labute approximate surface area is 188 Å². The molecule has 0 heterocycles. The standard InChI is InChI=1S/C30H48/c1-9-30(23-13-21-28(7)18-11-16-26(4)5)24-14-22-29(8)20-12-19-27(6)17-10-15-25(2)3/h9,15-16,19-21,24H,1,10-14,17-18,22-23H2,2-8H3. The van der Waals surface area contributed by atoms with E-state index in [9.17, 15) is 0 Å². The predicted molar refractivity (Wildman–Crippen MR) is 140 cm³/mol. The zero-order valence-corrected chi connectivity index (χ0v) is 21.1. The van der Waals surface area contributed by atoms with Crippen LogP contribution in [0.15, 0.2) is 82.5 Å². The molecule has 0 heteroatoms. The molecular weight excluding hydrogens is 360 g/mol. The third-order valence-corrected chi connectivity index (χ3v) is 5.25. The Bertz CT molecular complexity index is 663. The van der Waals surface area contributed by atoms with Crippen molar-refractivity contribution in [3.63, 3.8) is 0 Å². The normalized spacial score (nSPS) is 13.3. The molecule has 0 atom stereocenters. The Morgan fingerprint density at radius 1 is 0.500 bits per heavy atom. The van der Waals surface area contributed by atoms with Crippen LogP contribution in [0, 0.1) is 0 Å². The lowest BCUT2D eigenvalue weighted by atomic mass is 10.0. The van der Waals surface area contributed by atoms with Crippen LogP contribution in [0.5, 0.6) is 0 Å². The van der Waals surface area contributed by atoms with Crippen molar-refractivity contribution < 1.29 is 0 Å². The summed E-state index contributed by atoms with van der Waals surface area (Å²) < 4.78 is 0. The van der Waals surface area contributed by atoms with Gasteiger partial charge in [-0.2, -0.15) is 0 Å². The maximum absolute atomic E-state index is 4.01. The SMILES string of the molecule is C=CC(=CCCC(C)=CCC=C(C)CCC=C(C)C)CCC=C(C)CCC=C(C)C. The average Bonchev–Trinajstić information content (AvgIpc) is 2.66. The molecular formula is C30H48. The Morgan fingerprint density at radius 2 is 0.900 bits per heavy atom. The van der Waals surface area contributed by atoms with Crippen LogP contribution in [0.4, 0.5) is 0 Å². The zero-order valence-electron chi connectivity index (χ0n) is 21.1. The molecule has 0 aromatic heterocycles. The van der Waals surface area contributed by atoms with Gasteiger partial charge in [-0.3, -0.25) is 0 Å². The summed E-state index contributed by atoms with van der Waals surface area (Å²) in [6.07, 6.45) is 26.4. The van der Waals surface area contributed by atoms with Gasteiger partial charge in [-0.1, -0.05) is 82.5 Å². The minimum atomic E-state index is 1.06. The highest BCUT2D eigenvalue weighted by Gasteiger charge is 1.95. The van der Waals surface area contributed by atoms with E-state index in [2.05, 4.69) is 91.5 Å². The molecule has 0 fully saturated rings. The van der Waals surface area contributed by atoms with Gasteiger partial charge in [0.1, 0.15) is 0 Å². The van der Waals surface area contributed by atoms with Gasteiger partial charge in [0.2, 0.25) is 0 Å². The second kappa shape index (κ2) is 18.0. The highest BCUT2D eigenvalue weighted by Crippen LogP contribution is 2.15. The molecule has 168 valence electrons. The van der Waals surface area contributed by atoms with Gasteiger partial charge >= 0.3 is 0 Å². The fraction of sp³-hybridized carbons (Fsp3) is 0.533. The first-order chi connectivity index (χ1) is 14.2. The predicted octanol–water partition coefficient (Wildman–Crippen LogP) is 10.4. The van der Waals surface area contributed by atoms with E-state index in [0.29, 0.717) is 0 Å². The van der Waals surface area contributed by atoms with Crippen molar-refractivity contribution in [2.24, 2.45) is 0 Å². The van der Waals surface area contributed by atoms with Gasteiger partial charge in [-0.25, -0.2) is 0 Å². The number of hydrogen-bond donors (Lipinski definition) is 0. The molecule has 0 amide bonds. The van der Waals surface area contributed by atoms with Crippen molar-refractivity contribution in [3.8, 4) is 0 Å². The molecule has 0 aliphatic carbocycles. The lowest BCUT2D eigenvalue weighted by molar-refractivity contribution is 0.911. The molecule has 0 aromatic carbocycles. The molecule has 0 bridgehead atoms. The van der Waals surface area contributed by atoms with Crippen LogP contribution in [0.25, 0.3) is 0 Å². The topological polar surface area (TPSA) is 0 Å². The Hall–Kier alpha value is -1.82. The van der Waals surface area contributed by atoms with Crippen LogP contribution in [0.2, 0.25) is 0 Å². The van der Waals surface area contributed by atoms with E-state index >= 15 is 0 Å². The van der Waals surface area contributed by atoms with E-state index in [4.69, 9.17) is 0 Å². The van der Waals surface area contributed by atoms with E-state index in [1.807, 2.05) is 6.08 Å². The quantitative estimate of drug-likeness (QED) is 0.187. The van der Waals surface area contributed by atoms with Gasteiger partial charge in [-0.15, -0.1) is 0 Å². The van der Waals surface area contributed by atoms with Crippen molar-refractivity contribution in [2.75, 3.05) is 0 Å². The summed E-state index contributed by atoms with van der Waals surface area (Å²) in [6.45, 7) is 19.4. The summed E-state index contributed by atoms with van der Waals surface area (Å²) in [5, 5.41) is 0. The highest BCUT2D eigenvalue weighted by molar-refractivity contribution is 5.18. The van der Waals surface area contributed by atoms with E-state index in [1.54, 1.807) is 0 Å². The van der Waals surface area contributed by atoms with Crippen molar-refractivity contribution in [3.05, 3.63) is 82.5 Å². The van der Waals surface area contributed by atoms with Gasteiger partial charge in [0.15, 0.2) is 0 Å². The van der Waals surface area contributed by atoms with Crippen molar-refractivity contribution in [1.82, 2.24) is 0 Å². The van der Waals surface area contributed by atoms with Crippen LogP contribution in [0.3, 0.4) is 0 Å². The first-order valence-electron chi connectivity index (χ1n) is 11.8. The molecule has 0 N–H and O–H groups in total. The minimum Gasteiger partial charge on any atom is -0.0988 e. The van der Waals surface area contributed by atoms with Crippen molar-refractivity contribution in [2.45, 2.75) is 106 Å². The van der Waals surface area contributed by atoms with Crippen LogP contribution >= 0.6 is 0 Å². The summed E-state index contributed by atoms with van der Waals surface area (Å²) in [7, 11) is 0. The van der Waals surface area contributed by atoms with Crippen LogP contribution in [0.1, 0.15) is 106 Å². The smallest absolute Gasteiger partial charge is 0.0164 e. The van der Waals surface area contributed by atoms with Gasteiger partial charge in [0.25, 0.3) is 0 Å². The number of hydrogen-bond acceptors (Lipinski definition) is 0.